The Morgan fingerprint density at radius 1 is 1.07 bits per heavy atom. The quantitative estimate of drug-likeness (QED) is 0.629. The van der Waals surface area contributed by atoms with Crippen molar-refractivity contribution in [1.82, 2.24) is 25.5 Å². The van der Waals surface area contributed by atoms with Crippen molar-refractivity contribution in [3.63, 3.8) is 0 Å². The molecule has 2 heterocycles. The molecule has 146 valence electrons. The Morgan fingerprint density at radius 2 is 1.76 bits per heavy atom. The van der Waals surface area contributed by atoms with E-state index in [-0.39, 0.29) is 17.4 Å². The summed E-state index contributed by atoms with van der Waals surface area (Å²) in [7, 11) is 0. The zero-order valence-corrected chi connectivity index (χ0v) is 15.9. The first-order valence-electron chi connectivity index (χ1n) is 9.42. The summed E-state index contributed by atoms with van der Waals surface area (Å²) in [5, 5.41) is 17.6. The third kappa shape index (κ3) is 3.52. The molecule has 1 unspecified atom stereocenters. The molecule has 0 spiro atoms. The van der Waals surface area contributed by atoms with Crippen LogP contribution in [0, 0.1) is 0 Å². The molecule has 1 aliphatic rings. The van der Waals surface area contributed by atoms with Crippen molar-refractivity contribution in [2.75, 3.05) is 11.9 Å². The van der Waals surface area contributed by atoms with Crippen LogP contribution in [0.4, 0.5) is 5.95 Å². The molecule has 4 rings (SSSR count). The second-order valence-corrected chi connectivity index (χ2v) is 6.63. The molecule has 0 radical (unpaired) electrons. The van der Waals surface area contributed by atoms with Gasteiger partial charge in [0.2, 0.25) is 5.95 Å². The number of nitrogens with one attached hydrogen (secondary N) is 2. The van der Waals surface area contributed by atoms with Gasteiger partial charge in [-0.25, -0.2) is 0 Å². The van der Waals surface area contributed by atoms with E-state index < -0.39 is 6.04 Å². The van der Waals surface area contributed by atoms with Gasteiger partial charge in [0, 0.05) is 12.1 Å². The third-order valence-electron chi connectivity index (χ3n) is 4.68. The summed E-state index contributed by atoms with van der Waals surface area (Å²) in [4.78, 5) is 26.5. The van der Waals surface area contributed by atoms with Crippen molar-refractivity contribution in [2.24, 2.45) is 0 Å². The van der Waals surface area contributed by atoms with Gasteiger partial charge in [0.05, 0.1) is 5.57 Å². The van der Waals surface area contributed by atoms with Gasteiger partial charge in [0.15, 0.2) is 5.78 Å². The lowest BCUT2D eigenvalue weighted by molar-refractivity contribution is -0.117. The smallest absolute Gasteiger partial charge is 0.268 e. The van der Waals surface area contributed by atoms with Gasteiger partial charge in [-0.1, -0.05) is 72.7 Å². The van der Waals surface area contributed by atoms with Crippen LogP contribution in [0.2, 0.25) is 0 Å². The zero-order chi connectivity index (χ0) is 20.2. The Bertz CT molecular complexity index is 1060. The van der Waals surface area contributed by atoms with Gasteiger partial charge in [0.1, 0.15) is 11.7 Å². The van der Waals surface area contributed by atoms with Crippen molar-refractivity contribution in [3.05, 3.63) is 83.1 Å². The van der Waals surface area contributed by atoms with Gasteiger partial charge in [-0.15, -0.1) is 0 Å². The molecule has 0 bridgehead atoms. The molecule has 8 heteroatoms. The van der Waals surface area contributed by atoms with E-state index in [0.29, 0.717) is 23.6 Å². The second kappa shape index (κ2) is 8.05. The van der Waals surface area contributed by atoms with Crippen molar-refractivity contribution < 1.29 is 9.59 Å². The number of aromatic nitrogens is 4. The number of nitrogens with zero attached hydrogens (tertiary/aromatic N) is 4. The normalized spacial score (nSPS) is 15.4. The first-order chi connectivity index (χ1) is 14.2. The van der Waals surface area contributed by atoms with E-state index >= 15 is 0 Å². The number of hydrogen-bond acceptors (Lipinski definition) is 6. The minimum Gasteiger partial charge on any atom is -0.351 e. The highest BCUT2D eigenvalue weighted by Crippen LogP contribution is 2.36. The molecule has 1 aliphatic heterocycles. The molecule has 2 N–H and O–H groups in total. The number of anilines is 1. The third-order valence-corrected chi connectivity index (χ3v) is 4.68. The molecule has 0 fully saturated rings. The monoisotopic (exact) mass is 388 g/mol. The molecule has 0 saturated heterocycles. The van der Waals surface area contributed by atoms with Crippen LogP contribution >= 0.6 is 0 Å². The highest BCUT2D eigenvalue weighted by Gasteiger charge is 2.37. The minimum absolute atomic E-state index is 0.170. The minimum atomic E-state index is -0.627. The van der Waals surface area contributed by atoms with E-state index in [1.54, 1.807) is 24.3 Å². The molecule has 8 nitrogen and oxygen atoms in total. The Hall–Kier alpha value is -3.81. The van der Waals surface area contributed by atoms with E-state index in [9.17, 15) is 9.59 Å². The molecule has 29 heavy (non-hydrogen) atoms. The first kappa shape index (κ1) is 18.5. The highest BCUT2D eigenvalue weighted by atomic mass is 16.2. The van der Waals surface area contributed by atoms with E-state index in [1.165, 1.54) is 4.68 Å². The SMILES string of the molecule is CCCNC(=O)C1=C(C(=O)c2ccccc2)C(c2ccccc2)n2nnnc2N1. The maximum absolute atomic E-state index is 13.5. The van der Waals surface area contributed by atoms with Gasteiger partial charge in [-0.05, 0) is 22.4 Å². The van der Waals surface area contributed by atoms with Crippen LogP contribution < -0.4 is 10.6 Å². The Kier molecular flexibility index (Phi) is 5.15. The number of carbonyl (C=O) groups is 2. The summed E-state index contributed by atoms with van der Waals surface area (Å²) in [5.41, 5.74) is 1.77. The Morgan fingerprint density at radius 3 is 2.45 bits per heavy atom. The molecule has 3 aromatic rings. The molecule has 2 aromatic carbocycles. The van der Waals surface area contributed by atoms with Crippen LogP contribution in [-0.2, 0) is 4.79 Å². The van der Waals surface area contributed by atoms with Gasteiger partial charge < -0.3 is 10.6 Å². The first-order valence-corrected chi connectivity index (χ1v) is 9.42. The van der Waals surface area contributed by atoms with Crippen molar-refractivity contribution in [1.29, 1.82) is 0 Å². The van der Waals surface area contributed by atoms with E-state index in [4.69, 9.17) is 0 Å². The topological polar surface area (TPSA) is 102 Å². The number of hydrogen-bond donors (Lipinski definition) is 2. The van der Waals surface area contributed by atoms with Crippen molar-refractivity contribution >= 4 is 17.6 Å². The summed E-state index contributed by atoms with van der Waals surface area (Å²) >= 11 is 0. The average molecular weight is 388 g/mol. The molecule has 0 aliphatic carbocycles. The lowest BCUT2D eigenvalue weighted by Gasteiger charge is -2.28. The molecule has 1 amide bonds. The number of rotatable bonds is 6. The number of allylic oxidation sites excluding steroid dienone is 1. The lowest BCUT2D eigenvalue weighted by atomic mass is 9.89. The van der Waals surface area contributed by atoms with Crippen molar-refractivity contribution in [2.45, 2.75) is 19.4 Å². The molecule has 1 aromatic heterocycles. The maximum Gasteiger partial charge on any atom is 0.268 e. The van der Waals surface area contributed by atoms with Crippen LogP contribution in [0.1, 0.15) is 35.3 Å². The second-order valence-electron chi connectivity index (χ2n) is 6.63. The lowest BCUT2D eigenvalue weighted by Crippen LogP contribution is -2.37. The predicted octanol–water partition coefficient (Wildman–Crippen LogP) is 2.35. The number of carbonyl (C=O) groups excluding carboxylic acids is 2. The predicted molar refractivity (Wildman–Crippen MR) is 107 cm³/mol. The number of fused-ring (bicyclic) bond motifs is 1. The number of Topliss-reactive ketones (excluding diaryl/α,β-unsaturated/α-hetero) is 1. The number of tetrazole rings is 1. The van der Waals surface area contributed by atoms with Crippen LogP contribution in [0.15, 0.2) is 71.9 Å². The largest absolute Gasteiger partial charge is 0.351 e. The number of amides is 1. The fourth-order valence-electron chi connectivity index (χ4n) is 3.32. The number of ketones is 1. The van der Waals surface area contributed by atoms with E-state index in [1.807, 2.05) is 43.3 Å². The van der Waals surface area contributed by atoms with Gasteiger partial charge in [-0.2, -0.15) is 4.68 Å². The summed E-state index contributed by atoms with van der Waals surface area (Å²) < 4.78 is 1.53. The fraction of sp³-hybridized carbons (Fsp3) is 0.190. The summed E-state index contributed by atoms with van der Waals surface area (Å²) in [6.45, 7) is 2.46. The summed E-state index contributed by atoms with van der Waals surface area (Å²) in [5.74, 6) is -0.304. The summed E-state index contributed by atoms with van der Waals surface area (Å²) in [6.07, 6.45) is 0.779. The Balaban J connectivity index is 1.91. The standard InChI is InChI=1S/C21H20N6O2/c1-2-13-22-20(29)17-16(19(28)15-11-7-4-8-12-15)18(14-9-5-3-6-10-14)27-21(23-17)24-25-26-27/h3-12,18H,2,13H2,1H3,(H,22,29)(H,23,24,26). The van der Waals surface area contributed by atoms with Gasteiger partial charge >= 0.3 is 0 Å². The Labute approximate surface area is 167 Å². The van der Waals surface area contributed by atoms with Gasteiger partial charge in [-0.3, -0.25) is 9.59 Å². The van der Waals surface area contributed by atoms with Crippen molar-refractivity contribution in [3.8, 4) is 0 Å². The van der Waals surface area contributed by atoms with Crippen LogP contribution in [0.5, 0.6) is 0 Å². The number of benzene rings is 2. The molecule has 1 atom stereocenters. The zero-order valence-electron chi connectivity index (χ0n) is 15.9. The molecule has 0 saturated carbocycles. The van der Waals surface area contributed by atoms with Crippen LogP contribution in [-0.4, -0.2) is 38.4 Å². The van der Waals surface area contributed by atoms with Crippen LogP contribution in [0.3, 0.4) is 0 Å². The highest BCUT2D eigenvalue weighted by molar-refractivity contribution is 6.15. The van der Waals surface area contributed by atoms with E-state index in [2.05, 4.69) is 26.2 Å². The van der Waals surface area contributed by atoms with Crippen LogP contribution in [0.25, 0.3) is 0 Å². The molecular weight excluding hydrogens is 368 g/mol. The van der Waals surface area contributed by atoms with E-state index in [0.717, 1.165) is 12.0 Å². The fourth-order valence-corrected chi connectivity index (χ4v) is 3.32. The maximum atomic E-state index is 13.5. The average Bonchev–Trinajstić information content (AvgIpc) is 3.25. The summed E-state index contributed by atoms with van der Waals surface area (Å²) in [6, 6.07) is 17.7. The molecular formula is C21H20N6O2. The van der Waals surface area contributed by atoms with Gasteiger partial charge in [0.25, 0.3) is 5.91 Å².